The van der Waals surface area contributed by atoms with Gasteiger partial charge in [-0.25, -0.2) is 4.98 Å². The van der Waals surface area contributed by atoms with E-state index in [4.69, 9.17) is 5.73 Å². The molecule has 3 aromatic rings. The van der Waals surface area contributed by atoms with Gasteiger partial charge in [0.2, 0.25) is 11.9 Å². The summed E-state index contributed by atoms with van der Waals surface area (Å²) in [4.78, 5) is 20.2. The number of anilines is 3. The minimum atomic E-state index is -0.128. The molecule has 6 nitrogen and oxygen atoms in total. The van der Waals surface area contributed by atoms with Gasteiger partial charge in [0.1, 0.15) is 5.69 Å². The molecule has 2 aromatic carbocycles. The lowest BCUT2D eigenvalue weighted by Gasteiger charge is -2.20. The van der Waals surface area contributed by atoms with E-state index in [1.54, 1.807) is 6.92 Å². The van der Waals surface area contributed by atoms with Crippen molar-refractivity contribution < 1.29 is 4.79 Å². The van der Waals surface area contributed by atoms with Crippen LogP contribution in [0.3, 0.4) is 0 Å². The van der Waals surface area contributed by atoms with Gasteiger partial charge in [0.05, 0.1) is 12.2 Å². The molecule has 1 aromatic heterocycles. The summed E-state index contributed by atoms with van der Waals surface area (Å²) in [7, 11) is 0. The summed E-state index contributed by atoms with van der Waals surface area (Å²) in [5.41, 5.74) is 8.75. The zero-order valence-electron chi connectivity index (χ0n) is 15.2. The lowest BCUT2D eigenvalue weighted by Crippen LogP contribution is -2.17. The molecule has 1 amide bonds. The molecule has 138 valence electrons. The maximum absolute atomic E-state index is 11.5. The molecular weight excluding hydrogens is 338 g/mol. The summed E-state index contributed by atoms with van der Waals surface area (Å²) >= 11 is 0. The first-order chi connectivity index (χ1) is 13.2. The second kappa shape index (κ2) is 8.80. The number of aromatic nitrogens is 2. The fourth-order valence-corrected chi connectivity index (χ4v) is 2.74. The quantitative estimate of drug-likeness (QED) is 0.595. The maximum Gasteiger partial charge on any atom is 0.225 e. The molecule has 0 radical (unpaired) electrons. The molecule has 1 heterocycles. The third-order valence-electron chi connectivity index (χ3n) is 4.20. The van der Waals surface area contributed by atoms with Crippen molar-refractivity contribution in [1.82, 2.24) is 9.97 Å². The molecule has 0 aliphatic rings. The summed E-state index contributed by atoms with van der Waals surface area (Å²) < 4.78 is 0. The summed E-state index contributed by atoms with van der Waals surface area (Å²) in [6, 6.07) is 20.4. The first kappa shape index (κ1) is 18.4. The van der Waals surface area contributed by atoms with E-state index in [9.17, 15) is 4.79 Å². The van der Waals surface area contributed by atoms with Crippen LogP contribution in [-0.4, -0.2) is 15.9 Å². The van der Waals surface area contributed by atoms with E-state index in [1.165, 1.54) is 11.8 Å². The third-order valence-corrected chi connectivity index (χ3v) is 4.20. The van der Waals surface area contributed by atoms with Crippen LogP contribution in [0.15, 0.2) is 66.9 Å². The van der Waals surface area contributed by atoms with Crippen LogP contribution in [0.25, 0.3) is 0 Å². The predicted octanol–water partition coefficient (Wildman–Crippen LogP) is 3.80. The normalized spacial score (nSPS) is 11.6. The fraction of sp³-hybridized carbons (Fsp3) is 0.190. The monoisotopic (exact) mass is 361 g/mol. The van der Waals surface area contributed by atoms with Crippen LogP contribution in [0.4, 0.5) is 17.5 Å². The molecular formula is C21H23N5O. The standard InChI is InChI=1S/C21H23N5O/c1-2-19(27)24-18-14-23-21(26-20(18)22)25-17(16-11-7-4-8-12-16)13-15-9-5-3-6-10-15/h3-12,14,17H,2,13H2,1H3,(H,24,27)(H3,22,23,25,26). The van der Waals surface area contributed by atoms with Crippen molar-refractivity contribution in [3.63, 3.8) is 0 Å². The highest BCUT2D eigenvalue weighted by atomic mass is 16.1. The number of hydrogen-bond donors (Lipinski definition) is 3. The van der Waals surface area contributed by atoms with E-state index in [0.29, 0.717) is 18.1 Å². The van der Waals surface area contributed by atoms with Crippen LogP contribution in [0, 0.1) is 0 Å². The van der Waals surface area contributed by atoms with Crippen LogP contribution in [-0.2, 0) is 11.2 Å². The van der Waals surface area contributed by atoms with Crippen LogP contribution in [0.5, 0.6) is 0 Å². The summed E-state index contributed by atoms with van der Waals surface area (Å²) in [6.07, 6.45) is 2.68. The number of nitrogens with two attached hydrogens (primary N) is 1. The molecule has 0 bridgehead atoms. The van der Waals surface area contributed by atoms with Gasteiger partial charge >= 0.3 is 0 Å². The molecule has 1 atom stereocenters. The Morgan fingerprint density at radius 3 is 2.37 bits per heavy atom. The van der Waals surface area contributed by atoms with E-state index in [0.717, 1.165) is 12.0 Å². The number of nitrogens with one attached hydrogen (secondary N) is 2. The Hall–Kier alpha value is -3.41. The Kier molecular flexibility index (Phi) is 5.99. The molecule has 0 aliphatic heterocycles. The first-order valence-corrected chi connectivity index (χ1v) is 8.93. The zero-order valence-corrected chi connectivity index (χ0v) is 15.2. The second-order valence-corrected chi connectivity index (χ2v) is 6.19. The highest BCUT2D eigenvalue weighted by Gasteiger charge is 2.15. The Morgan fingerprint density at radius 1 is 1.07 bits per heavy atom. The number of nitrogen functional groups attached to an aromatic ring is 1. The topological polar surface area (TPSA) is 92.9 Å². The SMILES string of the molecule is CCC(=O)Nc1cnc(NC(Cc2ccccc2)c2ccccc2)nc1N. The van der Waals surface area contributed by atoms with E-state index >= 15 is 0 Å². The van der Waals surface area contributed by atoms with Crippen molar-refractivity contribution in [1.29, 1.82) is 0 Å². The molecule has 4 N–H and O–H groups in total. The van der Waals surface area contributed by atoms with Gasteiger partial charge in [-0.3, -0.25) is 4.79 Å². The van der Waals surface area contributed by atoms with Crippen molar-refractivity contribution in [3.8, 4) is 0 Å². The number of hydrogen-bond acceptors (Lipinski definition) is 5. The number of carbonyl (C=O) groups excluding carboxylic acids is 1. The van der Waals surface area contributed by atoms with E-state index < -0.39 is 0 Å². The third kappa shape index (κ3) is 5.04. The van der Waals surface area contributed by atoms with Crippen LogP contribution < -0.4 is 16.4 Å². The predicted molar refractivity (Wildman–Crippen MR) is 108 cm³/mol. The van der Waals surface area contributed by atoms with Gasteiger partial charge in [0, 0.05) is 6.42 Å². The van der Waals surface area contributed by atoms with Crippen molar-refractivity contribution in [2.24, 2.45) is 0 Å². The smallest absolute Gasteiger partial charge is 0.225 e. The van der Waals surface area contributed by atoms with Crippen molar-refractivity contribution in [2.75, 3.05) is 16.4 Å². The Labute approximate surface area is 158 Å². The van der Waals surface area contributed by atoms with Gasteiger partial charge < -0.3 is 16.4 Å². The number of benzene rings is 2. The van der Waals surface area contributed by atoms with E-state index in [-0.39, 0.29) is 17.8 Å². The van der Waals surface area contributed by atoms with Gasteiger partial charge in [-0.15, -0.1) is 0 Å². The minimum absolute atomic E-state index is 0.0101. The molecule has 27 heavy (non-hydrogen) atoms. The van der Waals surface area contributed by atoms with Crippen molar-refractivity contribution in [2.45, 2.75) is 25.8 Å². The minimum Gasteiger partial charge on any atom is -0.382 e. The fourth-order valence-electron chi connectivity index (χ4n) is 2.74. The highest BCUT2D eigenvalue weighted by Crippen LogP contribution is 2.24. The van der Waals surface area contributed by atoms with E-state index in [2.05, 4.69) is 44.9 Å². The van der Waals surface area contributed by atoms with E-state index in [1.807, 2.05) is 36.4 Å². The number of amides is 1. The Balaban J connectivity index is 1.81. The molecule has 0 fully saturated rings. The van der Waals surface area contributed by atoms with Gasteiger partial charge in [0.15, 0.2) is 5.82 Å². The number of rotatable bonds is 7. The largest absolute Gasteiger partial charge is 0.382 e. The van der Waals surface area contributed by atoms with Crippen molar-refractivity contribution >= 4 is 23.4 Å². The average Bonchev–Trinajstić information content (AvgIpc) is 2.71. The molecule has 0 spiro atoms. The number of carbonyl (C=O) groups is 1. The molecule has 0 aliphatic carbocycles. The van der Waals surface area contributed by atoms with Crippen LogP contribution in [0.1, 0.15) is 30.5 Å². The lowest BCUT2D eigenvalue weighted by molar-refractivity contribution is -0.115. The highest BCUT2D eigenvalue weighted by molar-refractivity contribution is 5.92. The first-order valence-electron chi connectivity index (χ1n) is 8.93. The number of nitrogens with zero attached hydrogens (tertiary/aromatic N) is 2. The molecule has 0 saturated heterocycles. The molecule has 6 heteroatoms. The maximum atomic E-state index is 11.5. The van der Waals surface area contributed by atoms with Crippen LogP contribution in [0.2, 0.25) is 0 Å². The lowest BCUT2D eigenvalue weighted by atomic mass is 9.99. The molecule has 0 saturated carbocycles. The zero-order chi connectivity index (χ0) is 19.1. The Morgan fingerprint density at radius 2 is 1.74 bits per heavy atom. The second-order valence-electron chi connectivity index (χ2n) is 6.19. The Bertz CT molecular complexity index is 884. The molecule has 3 rings (SSSR count). The van der Waals surface area contributed by atoms with Gasteiger partial charge in [-0.05, 0) is 17.5 Å². The van der Waals surface area contributed by atoms with Gasteiger partial charge in [0.25, 0.3) is 0 Å². The van der Waals surface area contributed by atoms with Crippen molar-refractivity contribution in [3.05, 3.63) is 78.0 Å². The van der Waals surface area contributed by atoms with Crippen LogP contribution >= 0.6 is 0 Å². The molecule has 1 unspecified atom stereocenters. The summed E-state index contributed by atoms with van der Waals surface area (Å²) in [6.45, 7) is 1.77. The van der Waals surface area contributed by atoms with Gasteiger partial charge in [-0.2, -0.15) is 4.98 Å². The van der Waals surface area contributed by atoms with Gasteiger partial charge in [-0.1, -0.05) is 67.6 Å². The summed E-state index contributed by atoms with van der Waals surface area (Å²) in [5.74, 6) is 0.532. The average molecular weight is 361 g/mol. The summed E-state index contributed by atoms with van der Waals surface area (Å²) in [5, 5.41) is 6.06.